The van der Waals surface area contributed by atoms with Crippen molar-refractivity contribution in [3.63, 3.8) is 0 Å². The minimum absolute atomic E-state index is 0.00329. The molecule has 1 rings (SSSR count). The second-order valence-corrected chi connectivity index (χ2v) is 3.56. The summed E-state index contributed by atoms with van der Waals surface area (Å²) < 4.78 is 25.3. The molecule has 0 aromatic carbocycles. The molecule has 0 amide bonds. The molecule has 0 unspecified atom stereocenters. The number of carboxylic acids is 1. The molecule has 1 aromatic rings. The average molecular weight is 250 g/mol. The van der Waals surface area contributed by atoms with Crippen LogP contribution in [-0.4, -0.2) is 16.1 Å². The van der Waals surface area contributed by atoms with Crippen molar-refractivity contribution in [3.8, 4) is 0 Å². The number of nitrogens with zero attached hydrogens (tertiary/aromatic N) is 1. The van der Waals surface area contributed by atoms with Crippen molar-refractivity contribution in [1.29, 1.82) is 0 Å². The number of rotatable bonds is 4. The molecule has 0 spiro atoms. The summed E-state index contributed by atoms with van der Waals surface area (Å²) in [5.74, 6) is -1.18. The third kappa shape index (κ3) is 2.66. The fraction of sp³-hybridized carbons (Fsp3) is 0.400. The Labute approximate surface area is 96.1 Å². The Bertz CT molecular complexity index is 410. The van der Waals surface area contributed by atoms with Crippen LogP contribution in [0.15, 0.2) is 6.20 Å². The fourth-order valence-corrected chi connectivity index (χ4v) is 1.81. The van der Waals surface area contributed by atoms with E-state index in [0.29, 0.717) is 11.1 Å². The summed E-state index contributed by atoms with van der Waals surface area (Å²) in [6.45, 7) is 1.66. The first-order chi connectivity index (χ1) is 7.47. The van der Waals surface area contributed by atoms with Gasteiger partial charge in [0.15, 0.2) is 0 Å². The lowest BCUT2D eigenvalue weighted by molar-refractivity contribution is -0.136. The summed E-state index contributed by atoms with van der Waals surface area (Å²) >= 11 is 5.63. The first kappa shape index (κ1) is 12.8. The standard InChI is InChI=1S/C10H10ClF2NO2/c1-5-4-14-9(10(12)13)6(2-8(15)16)7(5)3-11/h4,10H,2-3H2,1H3,(H,15,16). The van der Waals surface area contributed by atoms with Crippen molar-refractivity contribution < 1.29 is 18.7 Å². The summed E-state index contributed by atoms with van der Waals surface area (Å²) in [7, 11) is 0. The third-order valence-electron chi connectivity index (χ3n) is 2.22. The van der Waals surface area contributed by atoms with Crippen molar-refractivity contribution in [2.24, 2.45) is 0 Å². The van der Waals surface area contributed by atoms with Crippen molar-refractivity contribution in [3.05, 3.63) is 28.6 Å². The van der Waals surface area contributed by atoms with Crippen LogP contribution in [0.25, 0.3) is 0 Å². The maximum Gasteiger partial charge on any atom is 0.307 e. The highest BCUT2D eigenvalue weighted by molar-refractivity contribution is 6.17. The van der Waals surface area contributed by atoms with Gasteiger partial charge in [-0.2, -0.15) is 0 Å². The Kier molecular flexibility index (Phi) is 4.18. The van der Waals surface area contributed by atoms with Crippen molar-refractivity contribution in [2.75, 3.05) is 0 Å². The smallest absolute Gasteiger partial charge is 0.307 e. The highest BCUT2D eigenvalue weighted by atomic mass is 35.5. The van der Waals surface area contributed by atoms with Gasteiger partial charge in [0, 0.05) is 12.1 Å². The predicted molar refractivity (Wildman–Crippen MR) is 54.8 cm³/mol. The van der Waals surface area contributed by atoms with E-state index in [-0.39, 0.29) is 11.4 Å². The number of hydrogen-bond acceptors (Lipinski definition) is 2. The summed E-state index contributed by atoms with van der Waals surface area (Å²) in [5, 5.41) is 8.67. The van der Waals surface area contributed by atoms with Crippen molar-refractivity contribution >= 4 is 17.6 Å². The number of hydrogen-bond donors (Lipinski definition) is 1. The molecule has 1 N–H and O–H groups in total. The molecule has 0 aliphatic heterocycles. The van der Waals surface area contributed by atoms with E-state index in [9.17, 15) is 13.6 Å². The molecule has 0 bridgehead atoms. The van der Waals surface area contributed by atoms with Gasteiger partial charge in [-0.25, -0.2) is 8.78 Å². The van der Waals surface area contributed by atoms with Crippen LogP contribution < -0.4 is 0 Å². The number of carboxylic acid groups (broad SMARTS) is 1. The third-order valence-corrected chi connectivity index (χ3v) is 2.48. The second-order valence-electron chi connectivity index (χ2n) is 3.29. The Morgan fingerprint density at radius 2 is 2.19 bits per heavy atom. The zero-order chi connectivity index (χ0) is 12.3. The molecule has 6 heteroatoms. The van der Waals surface area contributed by atoms with Gasteiger partial charge in [-0.15, -0.1) is 11.6 Å². The van der Waals surface area contributed by atoms with Gasteiger partial charge in [-0.1, -0.05) is 0 Å². The number of aliphatic carboxylic acids is 1. The minimum Gasteiger partial charge on any atom is -0.481 e. The van der Waals surface area contributed by atoms with Crippen LogP contribution >= 0.6 is 11.6 Å². The molecule has 0 saturated heterocycles. The Morgan fingerprint density at radius 3 is 2.62 bits per heavy atom. The maximum absolute atomic E-state index is 12.6. The topological polar surface area (TPSA) is 50.2 Å². The van der Waals surface area contributed by atoms with Gasteiger partial charge in [0.1, 0.15) is 5.69 Å². The van der Waals surface area contributed by atoms with Crippen LogP contribution in [-0.2, 0) is 17.1 Å². The van der Waals surface area contributed by atoms with E-state index in [4.69, 9.17) is 16.7 Å². The van der Waals surface area contributed by atoms with E-state index < -0.39 is 24.5 Å². The van der Waals surface area contributed by atoms with E-state index in [2.05, 4.69) is 4.98 Å². The number of carbonyl (C=O) groups is 1. The Hall–Kier alpha value is -1.23. The first-order valence-electron chi connectivity index (χ1n) is 4.50. The quantitative estimate of drug-likeness (QED) is 0.835. The van der Waals surface area contributed by atoms with Gasteiger partial charge in [0.05, 0.1) is 6.42 Å². The van der Waals surface area contributed by atoms with Crippen LogP contribution in [0.5, 0.6) is 0 Å². The van der Waals surface area contributed by atoms with Crippen molar-refractivity contribution in [2.45, 2.75) is 25.7 Å². The van der Waals surface area contributed by atoms with Gasteiger partial charge < -0.3 is 5.11 Å². The van der Waals surface area contributed by atoms with Gasteiger partial charge in [-0.3, -0.25) is 9.78 Å². The van der Waals surface area contributed by atoms with Crippen LogP contribution in [0.2, 0.25) is 0 Å². The second kappa shape index (κ2) is 5.21. The van der Waals surface area contributed by atoms with Crippen LogP contribution in [0.3, 0.4) is 0 Å². The lowest BCUT2D eigenvalue weighted by atomic mass is 10.0. The number of pyridine rings is 1. The summed E-state index contributed by atoms with van der Waals surface area (Å²) in [5.41, 5.74) is 0.575. The van der Waals surface area contributed by atoms with Gasteiger partial charge >= 0.3 is 5.97 Å². The van der Waals surface area contributed by atoms with E-state index in [1.807, 2.05) is 0 Å². The van der Waals surface area contributed by atoms with E-state index >= 15 is 0 Å². The van der Waals surface area contributed by atoms with Crippen LogP contribution in [0.4, 0.5) is 8.78 Å². The summed E-state index contributed by atoms with van der Waals surface area (Å²) in [4.78, 5) is 14.2. The largest absolute Gasteiger partial charge is 0.481 e. The van der Waals surface area contributed by atoms with Crippen LogP contribution in [0, 0.1) is 6.92 Å². The molecule has 3 nitrogen and oxygen atoms in total. The van der Waals surface area contributed by atoms with E-state index in [1.54, 1.807) is 6.92 Å². The number of aryl methyl sites for hydroxylation is 1. The molecule has 0 fully saturated rings. The van der Waals surface area contributed by atoms with Gasteiger partial charge in [0.2, 0.25) is 0 Å². The van der Waals surface area contributed by atoms with Crippen molar-refractivity contribution in [1.82, 2.24) is 4.98 Å². The molecule has 0 saturated carbocycles. The highest BCUT2D eigenvalue weighted by Crippen LogP contribution is 2.26. The zero-order valence-corrected chi connectivity index (χ0v) is 9.26. The number of aromatic nitrogens is 1. The highest BCUT2D eigenvalue weighted by Gasteiger charge is 2.20. The lowest BCUT2D eigenvalue weighted by Gasteiger charge is -2.12. The fourth-order valence-electron chi connectivity index (χ4n) is 1.44. The van der Waals surface area contributed by atoms with E-state index in [0.717, 1.165) is 0 Å². The SMILES string of the molecule is Cc1cnc(C(F)F)c(CC(=O)O)c1CCl. The van der Waals surface area contributed by atoms with Gasteiger partial charge in [0.25, 0.3) is 6.43 Å². The molecule has 0 aliphatic rings. The maximum atomic E-state index is 12.6. The summed E-state index contributed by atoms with van der Waals surface area (Å²) in [6, 6.07) is 0. The van der Waals surface area contributed by atoms with E-state index in [1.165, 1.54) is 6.20 Å². The minimum atomic E-state index is -2.79. The lowest BCUT2D eigenvalue weighted by Crippen LogP contribution is -2.10. The Morgan fingerprint density at radius 1 is 1.56 bits per heavy atom. The molecule has 0 atom stereocenters. The summed E-state index contributed by atoms with van der Waals surface area (Å²) in [6.07, 6.45) is -2.00. The molecule has 1 aromatic heterocycles. The van der Waals surface area contributed by atoms with Gasteiger partial charge in [-0.05, 0) is 23.6 Å². The first-order valence-corrected chi connectivity index (χ1v) is 5.04. The number of alkyl halides is 3. The monoisotopic (exact) mass is 249 g/mol. The molecule has 88 valence electrons. The Balaban J connectivity index is 3.34. The number of halogens is 3. The molecular formula is C10H10ClF2NO2. The zero-order valence-electron chi connectivity index (χ0n) is 8.51. The predicted octanol–water partition coefficient (Wildman–Crippen LogP) is 2.69. The molecule has 0 aliphatic carbocycles. The average Bonchev–Trinajstić information content (AvgIpc) is 2.16. The molecule has 0 radical (unpaired) electrons. The van der Waals surface area contributed by atoms with Crippen LogP contribution in [0.1, 0.15) is 28.8 Å². The molecule has 1 heterocycles. The molecule has 16 heavy (non-hydrogen) atoms. The normalized spacial score (nSPS) is 10.8. The molecular weight excluding hydrogens is 240 g/mol.